The average Bonchev–Trinajstić information content (AvgIpc) is 2.51. The normalized spacial score (nSPS) is 16.8. The first-order chi connectivity index (χ1) is 10.4. The highest BCUT2D eigenvalue weighted by Gasteiger charge is 2.36. The third-order valence-electron chi connectivity index (χ3n) is 3.22. The molecule has 0 fully saturated rings. The van der Waals surface area contributed by atoms with E-state index in [9.17, 15) is 4.79 Å². The Morgan fingerprint density at radius 1 is 0.864 bits per heavy atom. The van der Waals surface area contributed by atoms with Crippen LogP contribution in [0.3, 0.4) is 0 Å². The van der Waals surface area contributed by atoms with E-state index in [-0.39, 0.29) is 31.6 Å². The van der Waals surface area contributed by atoms with Crippen LogP contribution in [0.15, 0.2) is 24.3 Å². The van der Waals surface area contributed by atoms with Gasteiger partial charge in [0, 0.05) is 5.56 Å². The van der Waals surface area contributed by atoms with Crippen molar-refractivity contribution in [3.05, 3.63) is 55.5 Å². The van der Waals surface area contributed by atoms with Crippen LogP contribution >= 0.6 is 46.4 Å². The molecule has 2 aromatic rings. The van der Waals surface area contributed by atoms with Gasteiger partial charge in [-0.05, 0) is 6.92 Å². The Morgan fingerprint density at radius 3 is 2.00 bits per heavy atom. The Morgan fingerprint density at radius 2 is 1.41 bits per heavy atom. The predicted octanol–water partition coefficient (Wildman–Crippen LogP) is 5.65. The monoisotopic (exact) mass is 376 g/mol. The van der Waals surface area contributed by atoms with E-state index < -0.39 is 12.1 Å². The molecule has 0 unspecified atom stereocenters. The molecule has 0 aromatic heterocycles. The van der Waals surface area contributed by atoms with Crippen LogP contribution in [-0.4, -0.2) is 5.97 Å². The average molecular weight is 378 g/mol. The fraction of sp³-hybridized carbons (Fsp3) is 0.133. The van der Waals surface area contributed by atoms with Gasteiger partial charge in [-0.1, -0.05) is 76.2 Å². The number of carbonyl (C=O) groups excluding carboxylic acids is 1. The summed E-state index contributed by atoms with van der Waals surface area (Å²) in [5, 5.41) is 0.0995. The summed E-state index contributed by atoms with van der Waals surface area (Å²) in [5.74, 6) is -0.520. The van der Waals surface area contributed by atoms with Gasteiger partial charge in [0.2, 0.25) is 6.10 Å². The maximum absolute atomic E-state index is 12.2. The molecule has 1 aliphatic heterocycles. The molecule has 114 valence electrons. The van der Waals surface area contributed by atoms with Crippen LogP contribution < -0.4 is 9.47 Å². The summed E-state index contributed by atoms with van der Waals surface area (Å²) in [7, 11) is 0. The van der Waals surface area contributed by atoms with Gasteiger partial charge in [0.25, 0.3) is 0 Å². The molecular formula is C15H8Cl4O3. The van der Waals surface area contributed by atoms with Crippen molar-refractivity contribution in [1.82, 2.24) is 0 Å². The first-order valence-electron chi connectivity index (χ1n) is 6.21. The SMILES string of the molecule is Cc1ccc([C@H]2Oc3c(Cl)c(Cl)c(Cl)c(Cl)c3OC2=O)cc1. The van der Waals surface area contributed by atoms with Crippen molar-refractivity contribution in [3.63, 3.8) is 0 Å². The molecule has 0 aliphatic carbocycles. The molecule has 0 spiro atoms. The fourth-order valence-electron chi connectivity index (χ4n) is 2.05. The second kappa shape index (κ2) is 5.82. The van der Waals surface area contributed by atoms with Crippen LogP contribution in [0, 0.1) is 6.92 Å². The minimum atomic E-state index is -0.945. The Hall–Kier alpha value is -1.13. The number of ether oxygens (including phenoxy) is 2. The van der Waals surface area contributed by atoms with Crippen LogP contribution in [0.4, 0.5) is 0 Å². The van der Waals surface area contributed by atoms with Crippen molar-refractivity contribution in [2.45, 2.75) is 13.0 Å². The number of fused-ring (bicyclic) bond motifs is 1. The van der Waals surface area contributed by atoms with E-state index in [1.54, 1.807) is 12.1 Å². The summed E-state index contributed by atoms with van der Waals surface area (Å²) in [6.07, 6.45) is -0.945. The van der Waals surface area contributed by atoms with Crippen LogP contribution in [0.2, 0.25) is 20.1 Å². The van der Waals surface area contributed by atoms with Gasteiger partial charge in [0.05, 0.1) is 10.0 Å². The van der Waals surface area contributed by atoms with Crippen molar-refractivity contribution < 1.29 is 14.3 Å². The van der Waals surface area contributed by atoms with Crippen molar-refractivity contribution >= 4 is 52.4 Å². The highest BCUT2D eigenvalue weighted by Crippen LogP contribution is 2.53. The first kappa shape index (κ1) is 15.8. The van der Waals surface area contributed by atoms with Crippen molar-refractivity contribution in [3.8, 4) is 11.5 Å². The summed E-state index contributed by atoms with van der Waals surface area (Å²) < 4.78 is 10.9. The highest BCUT2D eigenvalue weighted by atomic mass is 35.5. The summed E-state index contributed by atoms with van der Waals surface area (Å²) >= 11 is 24.1. The predicted molar refractivity (Wildman–Crippen MR) is 86.7 cm³/mol. The summed E-state index contributed by atoms with van der Waals surface area (Å²) in [6.45, 7) is 1.94. The van der Waals surface area contributed by atoms with Gasteiger partial charge in [-0.25, -0.2) is 4.79 Å². The van der Waals surface area contributed by atoms with Gasteiger partial charge in [0.1, 0.15) is 10.0 Å². The Kier molecular flexibility index (Phi) is 4.17. The lowest BCUT2D eigenvalue weighted by Crippen LogP contribution is -2.28. The topological polar surface area (TPSA) is 35.5 Å². The van der Waals surface area contributed by atoms with Gasteiger partial charge < -0.3 is 9.47 Å². The molecule has 0 saturated carbocycles. The minimum absolute atomic E-state index is 0.0114. The number of aryl methyl sites for hydroxylation is 1. The van der Waals surface area contributed by atoms with Crippen LogP contribution in [0.5, 0.6) is 11.5 Å². The Bertz CT molecular complexity index is 772. The Balaban J connectivity index is 2.09. The number of hydrogen-bond acceptors (Lipinski definition) is 3. The van der Waals surface area contributed by atoms with Crippen molar-refractivity contribution in [2.75, 3.05) is 0 Å². The van der Waals surface area contributed by atoms with E-state index in [1.165, 1.54) is 0 Å². The molecule has 0 amide bonds. The van der Waals surface area contributed by atoms with E-state index >= 15 is 0 Å². The second-order valence-electron chi connectivity index (χ2n) is 4.74. The number of rotatable bonds is 1. The molecule has 7 heteroatoms. The van der Waals surface area contributed by atoms with Gasteiger partial charge in [-0.3, -0.25) is 0 Å². The molecule has 1 aliphatic rings. The Labute approximate surface area is 146 Å². The molecule has 3 nitrogen and oxygen atoms in total. The van der Waals surface area contributed by atoms with Gasteiger partial charge >= 0.3 is 5.97 Å². The lowest BCUT2D eigenvalue weighted by molar-refractivity contribution is -0.145. The molecule has 1 heterocycles. The minimum Gasteiger partial charge on any atom is -0.468 e. The van der Waals surface area contributed by atoms with E-state index in [1.807, 2.05) is 19.1 Å². The smallest absolute Gasteiger partial charge is 0.357 e. The fourth-order valence-corrected chi connectivity index (χ4v) is 2.95. The quantitative estimate of drug-likeness (QED) is 0.279. The zero-order chi connectivity index (χ0) is 16.0. The second-order valence-corrected chi connectivity index (χ2v) is 6.26. The maximum Gasteiger partial charge on any atom is 0.357 e. The summed E-state index contributed by atoms with van der Waals surface area (Å²) in [6, 6.07) is 7.29. The maximum atomic E-state index is 12.2. The highest BCUT2D eigenvalue weighted by molar-refractivity contribution is 6.53. The van der Waals surface area contributed by atoms with Gasteiger partial charge in [0.15, 0.2) is 11.5 Å². The number of carbonyl (C=O) groups is 1. The standard InChI is InChI=1S/C15H8Cl4O3/c1-6-2-4-7(5-3-6)12-15(20)22-14-11(19)9(17)8(16)10(18)13(14)21-12/h2-5,12H,1H3/t12-/m1/s1. The van der Waals surface area contributed by atoms with Crippen LogP contribution in [0.1, 0.15) is 17.2 Å². The van der Waals surface area contributed by atoms with Gasteiger partial charge in [-0.2, -0.15) is 0 Å². The molecule has 0 N–H and O–H groups in total. The first-order valence-corrected chi connectivity index (χ1v) is 7.72. The zero-order valence-electron chi connectivity index (χ0n) is 11.1. The molecule has 0 radical (unpaired) electrons. The lowest BCUT2D eigenvalue weighted by Gasteiger charge is -2.27. The van der Waals surface area contributed by atoms with Crippen molar-refractivity contribution in [2.24, 2.45) is 0 Å². The summed E-state index contributed by atoms with van der Waals surface area (Å²) in [4.78, 5) is 12.2. The third kappa shape index (κ3) is 2.52. The van der Waals surface area contributed by atoms with Crippen LogP contribution in [0.25, 0.3) is 0 Å². The third-order valence-corrected chi connectivity index (χ3v) is 4.98. The number of benzene rings is 2. The molecule has 2 aromatic carbocycles. The number of esters is 1. The molecule has 3 rings (SSSR count). The zero-order valence-corrected chi connectivity index (χ0v) is 14.1. The molecule has 0 saturated heterocycles. The van der Waals surface area contributed by atoms with E-state index in [0.717, 1.165) is 5.56 Å². The van der Waals surface area contributed by atoms with Crippen LogP contribution in [-0.2, 0) is 4.79 Å². The van der Waals surface area contributed by atoms with E-state index in [4.69, 9.17) is 55.9 Å². The molecular weight excluding hydrogens is 370 g/mol. The molecule has 1 atom stereocenters. The van der Waals surface area contributed by atoms with E-state index in [0.29, 0.717) is 5.56 Å². The number of halogens is 4. The molecule has 22 heavy (non-hydrogen) atoms. The van der Waals surface area contributed by atoms with Crippen molar-refractivity contribution in [1.29, 1.82) is 0 Å². The number of hydrogen-bond donors (Lipinski definition) is 0. The van der Waals surface area contributed by atoms with Gasteiger partial charge in [-0.15, -0.1) is 0 Å². The largest absolute Gasteiger partial charge is 0.468 e. The lowest BCUT2D eigenvalue weighted by atomic mass is 10.1. The molecule has 0 bridgehead atoms. The van der Waals surface area contributed by atoms with E-state index in [2.05, 4.69) is 0 Å². The summed E-state index contributed by atoms with van der Waals surface area (Å²) in [5.41, 5.74) is 1.70.